The quantitative estimate of drug-likeness (QED) is 0.803. The van der Waals surface area contributed by atoms with E-state index in [0.717, 1.165) is 24.1 Å². The van der Waals surface area contributed by atoms with Crippen LogP contribution in [0, 0.1) is 5.92 Å². The zero-order valence-corrected chi connectivity index (χ0v) is 16.0. The van der Waals surface area contributed by atoms with Gasteiger partial charge in [-0.1, -0.05) is 18.2 Å². The molecule has 1 N–H and O–H groups in total. The fourth-order valence-corrected chi connectivity index (χ4v) is 6.52. The molecule has 136 valence electrons. The van der Waals surface area contributed by atoms with Gasteiger partial charge in [0.1, 0.15) is 9.77 Å². The van der Waals surface area contributed by atoms with Gasteiger partial charge in [0.05, 0.1) is 7.11 Å². The third kappa shape index (κ3) is 3.44. The summed E-state index contributed by atoms with van der Waals surface area (Å²) >= 11 is 1.17. The maximum atomic E-state index is 13.3. The number of hydrogen-bond donors (Lipinski definition) is 1. The summed E-state index contributed by atoms with van der Waals surface area (Å²) in [5.41, 5.74) is 0. The number of rotatable bonds is 5. The van der Waals surface area contributed by atoms with Gasteiger partial charge < -0.3 is 10.1 Å². The second kappa shape index (κ2) is 7.41. The molecule has 8 heteroatoms. The number of hydrogen-bond acceptors (Lipinski definition) is 6. The summed E-state index contributed by atoms with van der Waals surface area (Å²) in [5.74, 6) is -0.124. The number of sulfonamides is 1. The van der Waals surface area contributed by atoms with E-state index < -0.39 is 16.0 Å². The van der Waals surface area contributed by atoms with Crippen molar-refractivity contribution in [1.29, 1.82) is 0 Å². The molecule has 2 heterocycles. The largest absolute Gasteiger partial charge is 0.465 e. The zero-order chi connectivity index (χ0) is 18.0. The van der Waals surface area contributed by atoms with Crippen molar-refractivity contribution in [2.45, 2.75) is 17.7 Å². The van der Waals surface area contributed by atoms with E-state index in [4.69, 9.17) is 4.74 Å². The first-order chi connectivity index (χ1) is 12.0. The van der Waals surface area contributed by atoms with E-state index in [9.17, 15) is 13.2 Å². The second-order valence-corrected chi connectivity index (χ2v) is 9.08. The predicted octanol–water partition coefficient (Wildman–Crippen LogP) is 2.31. The van der Waals surface area contributed by atoms with Crippen molar-refractivity contribution in [2.75, 3.05) is 33.8 Å². The number of esters is 1. The summed E-state index contributed by atoms with van der Waals surface area (Å²) in [6.45, 7) is 1.83. The average Bonchev–Trinajstić information content (AvgIpc) is 3.02. The van der Waals surface area contributed by atoms with Crippen LogP contribution in [0.4, 0.5) is 0 Å². The van der Waals surface area contributed by atoms with Gasteiger partial charge in [-0.15, -0.1) is 11.3 Å². The summed E-state index contributed by atoms with van der Waals surface area (Å²) in [6, 6.07) is 7.19. The minimum absolute atomic E-state index is 0.0898. The van der Waals surface area contributed by atoms with E-state index in [2.05, 4.69) is 5.32 Å². The van der Waals surface area contributed by atoms with E-state index in [1.54, 1.807) is 12.1 Å². The molecule has 1 aliphatic rings. The highest BCUT2D eigenvalue weighted by molar-refractivity contribution is 7.89. The molecule has 0 atom stereocenters. The number of ether oxygens (including phenoxy) is 1. The molecule has 0 unspecified atom stereocenters. The Morgan fingerprint density at radius 1 is 1.32 bits per heavy atom. The SMILES string of the molecule is CNCC1CCN(S(=O)(=O)c2c(C(=O)OC)sc3ccccc23)CC1. The van der Waals surface area contributed by atoms with Gasteiger partial charge in [0.15, 0.2) is 0 Å². The third-order valence-electron chi connectivity index (χ3n) is 4.58. The van der Waals surface area contributed by atoms with Crippen LogP contribution < -0.4 is 5.32 Å². The van der Waals surface area contributed by atoms with E-state index in [1.165, 1.54) is 22.8 Å². The molecule has 0 aliphatic carbocycles. The Morgan fingerprint density at radius 2 is 2.00 bits per heavy atom. The molecule has 0 spiro atoms. The van der Waals surface area contributed by atoms with Crippen LogP contribution in [-0.2, 0) is 14.8 Å². The van der Waals surface area contributed by atoms with Gasteiger partial charge in [-0.05, 0) is 38.4 Å². The fourth-order valence-electron chi connectivity index (χ4n) is 3.28. The normalized spacial score (nSPS) is 17.0. The topological polar surface area (TPSA) is 75.7 Å². The number of nitrogens with zero attached hydrogens (tertiary/aromatic N) is 1. The van der Waals surface area contributed by atoms with Gasteiger partial charge in [-0.3, -0.25) is 0 Å². The number of nitrogens with one attached hydrogen (secondary N) is 1. The maximum Gasteiger partial charge on any atom is 0.349 e. The van der Waals surface area contributed by atoms with Crippen LogP contribution in [0.3, 0.4) is 0 Å². The Hall–Kier alpha value is -1.48. The van der Waals surface area contributed by atoms with Gasteiger partial charge in [0.2, 0.25) is 10.0 Å². The van der Waals surface area contributed by atoms with E-state index in [1.807, 2.05) is 19.2 Å². The van der Waals surface area contributed by atoms with Crippen LogP contribution in [0.5, 0.6) is 0 Å². The van der Waals surface area contributed by atoms with E-state index in [-0.39, 0.29) is 9.77 Å². The van der Waals surface area contributed by atoms with Gasteiger partial charge >= 0.3 is 5.97 Å². The van der Waals surface area contributed by atoms with Crippen LogP contribution >= 0.6 is 11.3 Å². The lowest BCUT2D eigenvalue weighted by Gasteiger charge is -2.31. The molecule has 2 aromatic rings. The van der Waals surface area contributed by atoms with E-state index >= 15 is 0 Å². The lowest BCUT2D eigenvalue weighted by Crippen LogP contribution is -2.40. The first kappa shape index (κ1) is 18.3. The Bertz CT molecular complexity index is 868. The van der Waals surface area contributed by atoms with Crippen LogP contribution in [0.2, 0.25) is 0 Å². The van der Waals surface area contributed by atoms with Crippen molar-refractivity contribution in [3.8, 4) is 0 Å². The molecular weight excluding hydrogens is 360 g/mol. The van der Waals surface area contributed by atoms with Crippen molar-refractivity contribution >= 4 is 37.4 Å². The van der Waals surface area contributed by atoms with E-state index in [0.29, 0.717) is 24.4 Å². The standard InChI is InChI=1S/C17H22N2O4S2/c1-18-11-12-7-9-19(10-8-12)25(21,22)16-13-5-3-4-6-14(13)24-15(16)17(20)23-2/h3-6,12,18H,7-11H2,1-2H3. The predicted molar refractivity (Wildman–Crippen MR) is 98.6 cm³/mol. The average molecular weight is 383 g/mol. The minimum Gasteiger partial charge on any atom is -0.465 e. The molecule has 0 radical (unpaired) electrons. The molecule has 1 fully saturated rings. The van der Waals surface area contributed by atoms with Crippen molar-refractivity contribution in [3.63, 3.8) is 0 Å². The molecule has 0 saturated carbocycles. The Balaban J connectivity index is 2.01. The Labute approximate surface area is 151 Å². The molecule has 1 saturated heterocycles. The first-order valence-corrected chi connectivity index (χ1v) is 10.5. The molecule has 1 aromatic heterocycles. The summed E-state index contributed by atoms with van der Waals surface area (Å²) in [4.78, 5) is 12.4. The molecule has 6 nitrogen and oxygen atoms in total. The summed E-state index contributed by atoms with van der Waals surface area (Å²) in [5, 5.41) is 3.74. The second-order valence-electron chi connectivity index (χ2n) is 6.15. The summed E-state index contributed by atoms with van der Waals surface area (Å²) < 4.78 is 33.6. The number of piperidine rings is 1. The highest BCUT2D eigenvalue weighted by Gasteiger charge is 2.35. The van der Waals surface area contributed by atoms with Gasteiger partial charge in [0, 0.05) is 23.2 Å². The number of carbonyl (C=O) groups excluding carboxylic acids is 1. The van der Waals surface area contributed by atoms with Crippen LogP contribution in [0.15, 0.2) is 29.2 Å². The van der Waals surface area contributed by atoms with Crippen molar-refractivity contribution in [1.82, 2.24) is 9.62 Å². The molecule has 25 heavy (non-hydrogen) atoms. The van der Waals surface area contributed by atoms with Crippen LogP contribution in [-0.4, -0.2) is 52.5 Å². The molecule has 1 aromatic carbocycles. The highest BCUT2D eigenvalue weighted by atomic mass is 32.2. The van der Waals surface area contributed by atoms with Gasteiger partial charge in [-0.25, -0.2) is 13.2 Å². The molecule has 0 bridgehead atoms. The highest BCUT2D eigenvalue weighted by Crippen LogP contribution is 2.37. The third-order valence-corrected chi connectivity index (χ3v) is 7.85. The van der Waals surface area contributed by atoms with Crippen molar-refractivity contribution in [3.05, 3.63) is 29.1 Å². The minimum atomic E-state index is -3.75. The number of methoxy groups -OCH3 is 1. The number of benzene rings is 1. The van der Waals surface area contributed by atoms with Gasteiger partial charge in [-0.2, -0.15) is 4.31 Å². The van der Waals surface area contributed by atoms with Gasteiger partial charge in [0.25, 0.3) is 0 Å². The zero-order valence-electron chi connectivity index (χ0n) is 14.3. The molecule has 0 amide bonds. The van der Waals surface area contributed by atoms with Crippen molar-refractivity contribution < 1.29 is 17.9 Å². The maximum absolute atomic E-state index is 13.3. The summed E-state index contributed by atoms with van der Waals surface area (Å²) in [6.07, 6.45) is 1.63. The molecule has 1 aliphatic heterocycles. The van der Waals surface area contributed by atoms with Crippen LogP contribution in [0.1, 0.15) is 22.5 Å². The molecular formula is C17H22N2O4S2. The number of carbonyl (C=O) groups is 1. The summed E-state index contributed by atoms with van der Waals surface area (Å²) in [7, 11) is -0.571. The molecule has 3 rings (SSSR count). The fraction of sp³-hybridized carbons (Fsp3) is 0.471. The Kier molecular flexibility index (Phi) is 5.43. The first-order valence-electron chi connectivity index (χ1n) is 8.23. The van der Waals surface area contributed by atoms with Crippen LogP contribution in [0.25, 0.3) is 10.1 Å². The smallest absolute Gasteiger partial charge is 0.349 e. The number of thiophene rings is 1. The van der Waals surface area contributed by atoms with Crippen molar-refractivity contribution in [2.24, 2.45) is 5.92 Å². The lowest BCUT2D eigenvalue weighted by molar-refractivity contribution is 0.0602. The monoisotopic (exact) mass is 382 g/mol. The Morgan fingerprint density at radius 3 is 2.64 bits per heavy atom. The number of fused-ring (bicyclic) bond motifs is 1. The lowest BCUT2D eigenvalue weighted by atomic mass is 9.98.